The van der Waals surface area contributed by atoms with E-state index in [1.165, 1.54) is 51.2 Å². The van der Waals surface area contributed by atoms with Crippen LogP contribution in [0.3, 0.4) is 0 Å². The monoisotopic (exact) mass is 589 g/mol. The Kier molecular flexibility index (Phi) is 5.33. The second-order valence-corrected chi connectivity index (χ2v) is 11.4. The van der Waals surface area contributed by atoms with Crippen LogP contribution in [0.5, 0.6) is 0 Å². The van der Waals surface area contributed by atoms with E-state index in [1.807, 2.05) is 17.5 Å². The molecular formula is C33H20INS. The van der Waals surface area contributed by atoms with Gasteiger partial charge in [-0.15, -0.1) is 11.3 Å². The minimum atomic E-state index is 0.999. The zero-order valence-corrected chi connectivity index (χ0v) is 22.3. The Balaban J connectivity index is 1.20. The summed E-state index contributed by atoms with van der Waals surface area (Å²) in [4.78, 5) is 4.84. The van der Waals surface area contributed by atoms with Crippen LogP contribution in [-0.4, -0.2) is 4.98 Å². The Morgan fingerprint density at radius 3 is 1.89 bits per heavy atom. The van der Waals surface area contributed by atoms with Gasteiger partial charge >= 0.3 is 0 Å². The lowest BCUT2D eigenvalue weighted by atomic mass is 9.98. The van der Waals surface area contributed by atoms with Crippen molar-refractivity contribution in [2.24, 2.45) is 0 Å². The zero-order chi connectivity index (χ0) is 24.1. The van der Waals surface area contributed by atoms with Crippen LogP contribution >= 0.6 is 33.9 Å². The molecule has 3 heteroatoms. The number of benzene rings is 5. The lowest BCUT2D eigenvalue weighted by Gasteiger charge is -2.08. The molecule has 0 atom stereocenters. The van der Waals surface area contributed by atoms with E-state index >= 15 is 0 Å². The second kappa shape index (κ2) is 8.84. The average Bonchev–Trinajstić information content (AvgIpc) is 3.31. The van der Waals surface area contributed by atoms with E-state index in [2.05, 4.69) is 138 Å². The van der Waals surface area contributed by atoms with E-state index < -0.39 is 0 Å². The molecule has 7 rings (SSSR count). The van der Waals surface area contributed by atoms with Crippen LogP contribution in [0.4, 0.5) is 0 Å². The summed E-state index contributed by atoms with van der Waals surface area (Å²) >= 11 is 4.19. The van der Waals surface area contributed by atoms with Crippen molar-refractivity contribution in [2.75, 3.05) is 0 Å². The predicted octanol–water partition coefficient (Wildman–Crippen LogP) is 10.2. The molecular weight excluding hydrogens is 569 g/mol. The molecule has 1 nitrogen and oxygen atoms in total. The first-order valence-electron chi connectivity index (χ1n) is 11.9. The van der Waals surface area contributed by atoms with Crippen molar-refractivity contribution in [3.05, 3.63) is 125 Å². The Labute approximate surface area is 227 Å². The SMILES string of the molecule is Ic1ccc(-c2ccc3cc(-c4ccc(-c5ccc6sc7ccccc7c6c5)nc4)ccc3c2)cc1. The maximum atomic E-state index is 4.84. The van der Waals surface area contributed by atoms with Gasteiger partial charge in [-0.2, -0.15) is 0 Å². The summed E-state index contributed by atoms with van der Waals surface area (Å²) in [5.41, 5.74) is 6.95. The molecule has 0 amide bonds. The Hall–Kier alpha value is -3.54. The van der Waals surface area contributed by atoms with Gasteiger partial charge in [-0.3, -0.25) is 4.98 Å². The van der Waals surface area contributed by atoms with Crippen LogP contribution in [0, 0.1) is 3.57 Å². The second-order valence-electron chi connectivity index (χ2n) is 9.02. The first-order valence-corrected chi connectivity index (χ1v) is 13.8. The molecule has 0 N–H and O–H groups in total. The van der Waals surface area contributed by atoms with E-state index in [4.69, 9.17) is 4.98 Å². The van der Waals surface area contributed by atoms with Gasteiger partial charge in [0.15, 0.2) is 0 Å². The van der Waals surface area contributed by atoms with E-state index in [1.54, 1.807) is 0 Å². The molecule has 0 aliphatic heterocycles. The zero-order valence-electron chi connectivity index (χ0n) is 19.3. The molecule has 36 heavy (non-hydrogen) atoms. The molecule has 0 radical (unpaired) electrons. The Bertz CT molecular complexity index is 1880. The Morgan fingerprint density at radius 1 is 0.500 bits per heavy atom. The van der Waals surface area contributed by atoms with Gasteiger partial charge in [0.05, 0.1) is 5.69 Å². The van der Waals surface area contributed by atoms with Crippen LogP contribution in [0.2, 0.25) is 0 Å². The maximum Gasteiger partial charge on any atom is 0.0702 e. The quantitative estimate of drug-likeness (QED) is 0.187. The van der Waals surface area contributed by atoms with Gasteiger partial charge in [-0.05, 0) is 98.6 Å². The molecule has 0 fully saturated rings. The summed E-state index contributed by atoms with van der Waals surface area (Å²) in [5, 5.41) is 5.10. The molecule has 0 unspecified atom stereocenters. The lowest BCUT2D eigenvalue weighted by Crippen LogP contribution is -1.86. The molecule has 0 saturated heterocycles. The molecule has 0 spiro atoms. The summed E-state index contributed by atoms with van der Waals surface area (Å²) in [5.74, 6) is 0. The van der Waals surface area contributed by atoms with Crippen molar-refractivity contribution >= 4 is 64.9 Å². The summed E-state index contributed by atoms with van der Waals surface area (Å²) in [6.07, 6.45) is 1.99. The molecule has 7 aromatic rings. The standard InChI is InChI=1S/C33H20INS/c34-28-13-9-21(10-14-28)22-5-6-24-18-25(8-7-23(24)17-22)27-11-15-31(35-20-27)26-12-16-33-30(19-26)29-3-1-2-4-32(29)36-33/h1-20H. The molecule has 0 aliphatic carbocycles. The minimum absolute atomic E-state index is 0.999. The first kappa shape index (κ1) is 21.7. The molecule has 0 saturated carbocycles. The predicted molar refractivity (Wildman–Crippen MR) is 164 cm³/mol. The van der Waals surface area contributed by atoms with Crippen LogP contribution in [-0.2, 0) is 0 Å². The van der Waals surface area contributed by atoms with E-state index in [-0.39, 0.29) is 0 Å². The van der Waals surface area contributed by atoms with Crippen LogP contribution in [0.1, 0.15) is 0 Å². The molecule has 0 bridgehead atoms. The van der Waals surface area contributed by atoms with Gasteiger partial charge in [0.1, 0.15) is 0 Å². The van der Waals surface area contributed by atoms with Gasteiger partial charge < -0.3 is 0 Å². The van der Waals surface area contributed by atoms with Gasteiger partial charge in [0, 0.05) is 41.1 Å². The number of aromatic nitrogens is 1. The minimum Gasteiger partial charge on any atom is -0.256 e. The lowest BCUT2D eigenvalue weighted by molar-refractivity contribution is 1.33. The molecule has 2 aromatic heterocycles. The van der Waals surface area contributed by atoms with Gasteiger partial charge in [-0.1, -0.05) is 66.7 Å². The fourth-order valence-electron chi connectivity index (χ4n) is 4.87. The maximum absolute atomic E-state index is 4.84. The van der Waals surface area contributed by atoms with Gasteiger partial charge in [0.2, 0.25) is 0 Å². The summed E-state index contributed by atoms with van der Waals surface area (Å²) in [6.45, 7) is 0. The van der Waals surface area contributed by atoms with Crippen molar-refractivity contribution in [3.8, 4) is 33.5 Å². The number of halogens is 1. The van der Waals surface area contributed by atoms with Gasteiger partial charge in [0.25, 0.3) is 0 Å². The van der Waals surface area contributed by atoms with E-state index in [0.717, 1.165) is 16.8 Å². The highest BCUT2D eigenvalue weighted by atomic mass is 127. The fraction of sp³-hybridized carbons (Fsp3) is 0. The molecule has 2 heterocycles. The van der Waals surface area contributed by atoms with Crippen LogP contribution in [0.15, 0.2) is 121 Å². The highest BCUT2D eigenvalue weighted by Crippen LogP contribution is 2.36. The van der Waals surface area contributed by atoms with E-state index in [9.17, 15) is 0 Å². The molecule has 5 aromatic carbocycles. The van der Waals surface area contributed by atoms with Crippen molar-refractivity contribution < 1.29 is 0 Å². The van der Waals surface area contributed by atoms with Crippen molar-refractivity contribution in [3.63, 3.8) is 0 Å². The van der Waals surface area contributed by atoms with Crippen LogP contribution in [0.25, 0.3) is 64.5 Å². The third kappa shape index (κ3) is 3.89. The smallest absolute Gasteiger partial charge is 0.0702 e. The highest BCUT2D eigenvalue weighted by molar-refractivity contribution is 14.1. The summed E-state index contributed by atoms with van der Waals surface area (Å²) < 4.78 is 3.90. The summed E-state index contributed by atoms with van der Waals surface area (Å²) in [7, 11) is 0. The van der Waals surface area contributed by atoms with Crippen molar-refractivity contribution in [1.82, 2.24) is 4.98 Å². The highest BCUT2D eigenvalue weighted by Gasteiger charge is 2.08. The van der Waals surface area contributed by atoms with Crippen molar-refractivity contribution in [2.45, 2.75) is 0 Å². The number of hydrogen-bond acceptors (Lipinski definition) is 2. The number of thiophene rings is 1. The first-order chi connectivity index (χ1) is 17.7. The number of pyridine rings is 1. The topological polar surface area (TPSA) is 12.9 Å². The normalized spacial score (nSPS) is 11.5. The fourth-order valence-corrected chi connectivity index (χ4v) is 6.31. The third-order valence-electron chi connectivity index (χ3n) is 6.79. The van der Waals surface area contributed by atoms with E-state index in [0.29, 0.717) is 0 Å². The van der Waals surface area contributed by atoms with Crippen LogP contribution < -0.4 is 0 Å². The van der Waals surface area contributed by atoms with Crippen molar-refractivity contribution in [1.29, 1.82) is 0 Å². The molecule has 0 aliphatic rings. The number of rotatable bonds is 3. The molecule has 170 valence electrons. The largest absolute Gasteiger partial charge is 0.256 e. The number of fused-ring (bicyclic) bond motifs is 4. The summed E-state index contributed by atoms with van der Waals surface area (Å²) in [6, 6.07) is 41.6. The Morgan fingerprint density at radius 2 is 1.14 bits per heavy atom. The van der Waals surface area contributed by atoms with Gasteiger partial charge in [-0.25, -0.2) is 0 Å². The number of hydrogen-bond donors (Lipinski definition) is 0. The number of nitrogens with zero attached hydrogens (tertiary/aromatic N) is 1. The average molecular weight is 590 g/mol. The third-order valence-corrected chi connectivity index (χ3v) is 8.66.